The second-order valence-electron chi connectivity index (χ2n) is 5.97. The van der Waals surface area contributed by atoms with E-state index in [1.165, 1.54) is 19.9 Å². The minimum absolute atomic E-state index is 0.170. The number of para-hydroxylation sites is 2. The largest absolute Gasteiger partial charge is 0.493 e. The minimum atomic E-state index is -1.03. The van der Waals surface area contributed by atoms with Crippen molar-refractivity contribution in [3.05, 3.63) is 65.7 Å². The van der Waals surface area contributed by atoms with Crippen molar-refractivity contribution < 1.29 is 23.9 Å². The van der Waals surface area contributed by atoms with Gasteiger partial charge in [0.05, 0.1) is 12.3 Å². The zero-order valence-corrected chi connectivity index (χ0v) is 16.1. The number of benzene rings is 2. The summed E-state index contributed by atoms with van der Waals surface area (Å²) in [6.45, 7) is 5.26. The Kier molecular flexibility index (Phi) is 7.51. The van der Waals surface area contributed by atoms with Gasteiger partial charge >= 0.3 is 5.97 Å². The Bertz CT molecular complexity index is 888. The standard InChI is InChI=1S/C22H23NO5/c1-4-27-20-12-8-5-9-17(20)13-14-21(25)28-16(3)22(26)23-19-11-7-6-10-18(19)15(2)24/h5-14,16H,4H2,1-3H3,(H,23,26)/b14-13+/t16-/m0/s1. The van der Waals surface area contributed by atoms with E-state index in [2.05, 4.69) is 5.32 Å². The van der Waals surface area contributed by atoms with Crippen molar-refractivity contribution >= 4 is 29.4 Å². The lowest BCUT2D eigenvalue weighted by atomic mass is 10.1. The van der Waals surface area contributed by atoms with E-state index < -0.39 is 18.0 Å². The molecule has 0 fully saturated rings. The zero-order valence-electron chi connectivity index (χ0n) is 16.1. The van der Waals surface area contributed by atoms with Crippen LogP contribution in [-0.4, -0.2) is 30.4 Å². The molecule has 1 atom stereocenters. The molecular formula is C22H23NO5. The first-order valence-electron chi connectivity index (χ1n) is 8.93. The summed E-state index contributed by atoms with van der Waals surface area (Å²) in [6.07, 6.45) is 1.79. The van der Waals surface area contributed by atoms with Crippen LogP contribution in [0.1, 0.15) is 36.7 Å². The summed E-state index contributed by atoms with van der Waals surface area (Å²) >= 11 is 0. The normalized spacial score (nSPS) is 11.7. The molecule has 0 unspecified atom stereocenters. The maximum Gasteiger partial charge on any atom is 0.331 e. The molecule has 2 aromatic carbocycles. The molecule has 6 nitrogen and oxygen atoms in total. The Morgan fingerprint density at radius 3 is 2.46 bits per heavy atom. The van der Waals surface area contributed by atoms with E-state index in [1.807, 2.05) is 25.1 Å². The smallest absolute Gasteiger partial charge is 0.331 e. The molecule has 0 radical (unpaired) electrons. The number of rotatable bonds is 8. The van der Waals surface area contributed by atoms with Gasteiger partial charge in [0.1, 0.15) is 5.75 Å². The highest BCUT2D eigenvalue weighted by molar-refractivity contribution is 6.05. The molecule has 6 heteroatoms. The van der Waals surface area contributed by atoms with Crippen LogP contribution in [0.25, 0.3) is 6.08 Å². The first-order chi connectivity index (χ1) is 13.4. The number of Topliss-reactive ketones (excluding diaryl/α,β-unsaturated/α-hetero) is 1. The average molecular weight is 381 g/mol. The Labute approximate surface area is 164 Å². The fourth-order valence-electron chi connectivity index (χ4n) is 2.46. The maximum absolute atomic E-state index is 12.3. The van der Waals surface area contributed by atoms with Crippen molar-refractivity contribution in [2.75, 3.05) is 11.9 Å². The third-order valence-corrected chi connectivity index (χ3v) is 3.84. The molecule has 1 N–H and O–H groups in total. The van der Waals surface area contributed by atoms with Gasteiger partial charge in [-0.1, -0.05) is 30.3 Å². The Hall–Kier alpha value is -3.41. The number of hydrogen-bond acceptors (Lipinski definition) is 5. The number of anilines is 1. The monoisotopic (exact) mass is 381 g/mol. The summed E-state index contributed by atoms with van der Waals surface area (Å²) in [5.74, 6) is -0.698. The lowest BCUT2D eigenvalue weighted by Gasteiger charge is -2.14. The van der Waals surface area contributed by atoms with Crippen LogP contribution in [0.3, 0.4) is 0 Å². The van der Waals surface area contributed by atoms with Crippen LogP contribution in [-0.2, 0) is 14.3 Å². The van der Waals surface area contributed by atoms with Crippen LogP contribution in [0, 0.1) is 0 Å². The third-order valence-electron chi connectivity index (χ3n) is 3.84. The fraction of sp³-hybridized carbons (Fsp3) is 0.227. The van der Waals surface area contributed by atoms with Gasteiger partial charge in [-0.05, 0) is 45.0 Å². The SMILES string of the molecule is CCOc1ccccc1/C=C/C(=O)O[C@@H](C)C(=O)Nc1ccccc1C(C)=O. The van der Waals surface area contributed by atoms with Crippen molar-refractivity contribution in [1.29, 1.82) is 0 Å². The molecule has 146 valence electrons. The first kappa shape index (κ1) is 20.9. The van der Waals surface area contributed by atoms with Crippen molar-refractivity contribution in [2.45, 2.75) is 26.9 Å². The molecule has 0 aromatic heterocycles. The molecule has 0 aliphatic heterocycles. The van der Waals surface area contributed by atoms with Crippen molar-refractivity contribution in [3.8, 4) is 5.75 Å². The highest BCUT2D eigenvalue weighted by Crippen LogP contribution is 2.19. The number of ether oxygens (including phenoxy) is 2. The van der Waals surface area contributed by atoms with E-state index in [-0.39, 0.29) is 5.78 Å². The molecule has 2 aromatic rings. The number of hydrogen-bond donors (Lipinski definition) is 1. The molecule has 0 bridgehead atoms. The van der Waals surface area contributed by atoms with E-state index in [0.29, 0.717) is 23.6 Å². The van der Waals surface area contributed by atoms with E-state index in [0.717, 1.165) is 5.56 Å². The molecule has 1 amide bonds. The fourth-order valence-corrected chi connectivity index (χ4v) is 2.46. The highest BCUT2D eigenvalue weighted by Gasteiger charge is 2.18. The molecule has 0 saturated carbocycles. The third kappa shape index (κ3) is 5.81. The van der Waals surface area contributed by atoms with Crippen LogP contribution in [0.15, 0.2) is 54.6 Å². The number of ketones is 1. The van der Waals surface area contributed by atoms with Crippen LogP contribution in [0.2, 0.25) is 0 Å². The molecule has 28 heavy (non-hydrogen) atoms. The van der Waals surface area contributed by atoms with Crippen molar-refractivity contribution in [2.24, 2.45) is 0 Å². The van der Waals surface area contributed by atoms with Crippen LogP contribution >= 0.6 is 0 Å². The van der Waals surface area contributed by atoms with Crippen LogP contribution in [0.4, 0.5) is 5.69 Å². The van der Waals surface area contributed by atoms with Gasteiger partial charge in [0.25, 0.3) is 5.91 Å². The molecule has 0 saturated heterocycles. The van der Waals surface area contributed by atoms with E-state index in [4.69, 9.17) is 9.47 Å². The number of esters is 1. The number of amides is 1. The van der Waals surface area contributed by atoms with E-state index in [1.54, 1.807) is 36.4 Å². The van der Waals surface area contributed by atoms with Crippen LogP contribution in [0.5, 0.6) is 5.75 Å². The van der Waals surface area contributed by atoms with Gasteiger partial charge in [-0.2, -0.15) is 0 Å². The first-order valence-corrected chi connectivity index (χ1v) is 8.93. The number of carbonyl (C=O) groups excluding carboxylic acids is 3. The molecule has 0 aliphatic carbocycles. The van der Waals surface area contributed by atoms with Gasteiger partial charge in [-0.25, -0.2) is 4.79 Å². The lowest BCUT2D eigenvalue weighted by Crippen LogP contribution is -2.30. The summed E-state index contributed by atoms with van der Waals surface area (Å²) < 4.78 is 10.6. The second kappa shape index (κ2) is 10.1. The Morgan fingerprint density at radius 2 is 1.75 bits per heavy atom. The number of carbonyl (C=O) groups is 3. The van der Waals surface area contributed by atoms with Gasteiger partial charge in [0.15, 0.2) is 11.9 Å². The van der Waals surface area contributed by atoms with E-state index >= 15 is 0 Å². The van der Waals surface area contributed by atoms with Gasteiger partial charge in [-0.15, -0.1) is 0 Å². The average Bonchev–Trinajstić information content (AvgIpc) is 2.67. The van der Waals surface area contributed by atoms with Gasteiger partial charge < -0.3 is 14.8 Å². The molecular weight excluding hydrogens is 358 g/mol. The summed E-state index contributed by atoms with van der Waals surface area (Å²) in [5, 5.41) is 2.62. The van der Waals surface area contributed by atoms with Gasteiger partial charge in [0.2, 0.25) is 0 Å². The summed E-state index contributed by atoms with van der Waals surface area (Å²) in [5.41, 5.74) is 1.50. The Morgan fingerprint density at radius 1 is 1.07 bits per heavy atom. The van der Waals surface area contributed by atoms with Crippen molar-refractivity contribution in [3.63, 3.8) is 0 Å². The molecule has 0 aliphatic rings. The van der Waals surface area contributed by atoms with Gasteiger partial charge in [0, 0.05) is 17.2 Å². The summed E-state index contributed by atoms with van der Waals surface area (Å²) in [6, 6.07) is 13.9. The molecule has 0 spiro atoms. The maximum atomic E-state index is 12.3. The summed E-state index contributed by atoms with van der Waals surface area (Å²) in [7, 11) is 0. The second-order valence-corrected chi connectivity index (χ2v) is 5.97. The van der Waals surface area contributed by atoms with E-state index in [9.17, 15) is 14.4 Å². The molecule has 2 rings (SSSR count). The zero-order chi connectivity index (χ0) is 20.5. The van der Waals surface area contributed by atoms with Crippen molar-refractivity contribution in [1.82, 2.24) is 0 Å². The molecule has 0 heterocycles. The Balaban J connectivity index is 1.99. The quantitative estimate of drug-likeness (QED) is 0.426. The summed E-state index contributed by atoms with van der Waals surface area (Å²) in [4.78, 5) is 36.0. The minimum Gasteiger partial charge on any atom is -0.493 e. The number of nitrogens with one attached hydrogen (secondary N) is 1. The topological polar surface area (TPSA) is 81.7 Å². The van der Waals surface area contributed by atoms with Gasteiger partial charge in [-0.3, -0.25) is 9.59 Å². The van der Waals surface area contributed by atoms with Crippen LogP contribution < -0.4 is 10.1 Å². The highest BCUT2D eigenvalue weighted by atomic mass is 16.5. The predicted molar refractivity (Wildman–Crippen MR) is 107 cm³/mol. The lowest BCUT2D eigenvalue weighted by molar-refractivity contribution is -0.148. The predicted octanol–water partition coefficient (Wildman–Crippen LogP) is 3.87.